The van der Waals surface area contributed by atoms with Crippen molar-refractivity contribution < 1.29 is 9.53 Å². The molecule has 0 amide bonds. The molecule has 2 nitrogen and oxygen atoms in total. The van der Waals surface area contributed by atoms with Gasteiger partial charge in [0.2, 0.25) is 0 Å². The van der Waals surface area contributed by atoms with E-state index in [1.54, 1.807) is 0 Å². The Kier molecular flexibility index (Phi) is 5.21. The van der Waals surface area contributed by atoms with Gasteiger partial charge in [0.25, 0.3) is 0 Å². The fourth-order valence-electron chi connectivity index (χ4n) is 7.89. The lowest BCUT2D eigenvalue weighted by molar-refractivity contribution is -0.132. The topological polar surface area (TPSA) is 29.5 Å². The summed E-state index contributed by atoms with van der Waals surface area (Å²) in [5.74, 6) is 3.40. The van der Waals surface area contributed by atoms with E-state index in [0.717, 1.165) is 30.1 Å². The number of aliphatic hydroxyl groups is 1. The Labute approximate surface area is 175 Å². The number of hydrogen-bond donors (Lipinski definition) is 1. The van der Waals surface area contributed by atoms with Gasteiger partial charge >= 0.3 is 0 Å². The van der Waals surface area contributed by atoms with E-state index < -0.39 is 8.32 Å². The molecule has 4 rings (SSSR count). The lowest BCUT2D eigenvalue weighted by atomic mass is 9.45. The number of aliphatic hydroxyl groups excluding tert-OH is 1. The predicted molar refractivity (Wildman–Crippen MR) is 120 cm³/mol. The van der Waals surface area contributed by atoms with E-state index in [0.29, 0.717) is 16.6 Å². The van der Waals surface area contributed by atoms with Crippen LogP contribution in [-0.4, -0.2) is 25.6 Å². The van der Waals surface area contributed by atoms with Crippen LogP contribution in [0.2, 0.25) is 18.1 Å². The van der Waals surface area contributed by atoms with Gasteiger partial charge in [-0.3, -0.25) is 0 Å². The summed E-state index contributed by atoms with van der Waals surface area (Å²) in [5.41, 5.74) is 0.734. The van der Waals surface area contributed by atoms with Gasteiger partial charge in [-0.2, -0.15) is 0 Å². The Balaban J connectivity index is 1.48. The van der Waals surface area contributed by atoms with Crippen molar-refractivity contribution in [2.24, 2.45) is 34.5 Å². The molecule has 0 aromatic heterocycles. The summed E-state index contributed by atoms with van der Waals surface area (Å²) < 4.78 is 6.88. The van der Waals surface area contributed by atoms with E-state index in [1.165, 1.54) is 51.4 Å². The number of fused-ring (bicyclic) bond motifs is 5. The molecule has 8 atom stereocenters. The third-order valence-electron chi connectivity index (χ3n) is 10.8. The second kappa shape index (κ2) is 6.82. The minimum Gasteiger partial charge on any atom is -0.414 e. The maximum Gasteiger partial charge on any atom is 0.192 e. The van der Waals surface area contributed by atoms with Crippen LogP contribution in [-0.2, 0) is 4.43 Å². The van der Waals surface area contributed by atoms with Crippen LogP contribution in [0.25, 0.3) is 0 Å². The third kappa shape index (κ3) is 3.17. The molecule has 1 N–H and O–H groups in total. The average Bonchev–Trinajstić information content (AvgIpc) is 2.89. The van der Waals surface area contributed by atoms with E-state index >= 15 is 0 Å². The van der Waals surface area contributed by atoms with Crippen molar-refractivity contribution >= 4 is 8.32 Å². The van der Waals surface area contributed by atoms with Gasteiger partial charge in [-0.1, -0.05) is 34.6 Å². The third-order valence-corrected chi connectivity index (χ3v) is 15.4. The molecule has 28 heavy (non-hydrogen) atoms. The smallest absolute Gasteiger partial charge is 0.192 e. The Morgan fingerprint density at radius 3 is 2.18 bits per heavy atom. The normalized spacial score (nSPS) is 49.3. The summed E-state index contributed by atoms with van der Waals surface area (Å²) in [6, 6.07) is 0. The number of hydrogen-bond acceptors (Lipinski definition) is 2. The van der Waals surface area contributed by atoms with Crippen molar-refractivity contribution in [1.29, 1.82) is 0 Å². The largest absolute Gasteiger partial charge is 0.414 e. The quantitative estimate of drug-likeness (QED) is 0.512. The summed E-state index contributed by atoms with van der Waals surface area (Å²) in [6.45, 7) is 17.0. The summed E-state index contributed by atoms with van der Waals surface area (Å²) >= 11 is 0. The predicted octanol–water partition coefficient (Wildman–Crippen LogP) is 6.78. The second-order valence-electron chi connectivity index (χ2n) is 13.1. The first kappa shape index (κ1) is 21.4. The molecular formula is C25H46O2Si. The maximum atomic E-state index is 10.7. The van der Waals surface area contributed by atoms with Gasteiger partial charge in [0.15, 0.2) is 8.32 Å². The molecule has 3 heteroatoms. The molecule has 0 saturated heterocycles. The zero-order valence-electron chi connectivity index (χ0n) is 19.7. The van der Waals surface area contributed by atoms with Gasteiger partial charge in [0.05, 0.1) is 6.10 Å². The summed E-state index contributed by atoms with van der Waals surface area (Å²) in [7, 11) is -1.67. The zero-order chi connectivity index (χ0) is 20.5. The van der Waals surface area contributed by atoms with Crippen LogP contribution in [0, 0.1) is 34.5 Å². The molecule has 0 heterocycles. The highest BCUT2D eigenvalue weighted by Crippen LogP contribution is 2.66. The highest BCUT2D eigenvalue weighted by molar-refractivity contribution is 6.74. The molecule has 0 spiro atoms. The first-order valence-electron chi connectivity index (χ1n) is 12.2. The standard InChI is InChI=1S/C25H46O2Si/c1-23(2,3)28(6,7)27-18-12-14-24(4)17(16-18)8-9-19-20-10-11-22(26)25(20,5)15-13-21(19)24/h17-22,26H,8-16H2,1-7H3/t17-,18-,19+,20+,21+,22+,24+,25+/m1/s1. The van der Waals surface area contributed by atoms with Crippen molar-refractivity contribution in [2.45, 2.75) is 123 Å². The molecule has 4 aliphatic carbocycles. The van der Waals surface area contributed by atoms with Crippen molar-refractivity contribution in [3.05, 3.63) is 0 Å². The van der Waals surface area contributed by atoms with E-state index in [4.69, 9.17) is 4.43 Å². The molecule has 0 unspecified atom stereocenters. The first-order chi connectivity index (χ1) is 12.9. The zero-order valence-corrected chi connectivity index (χ0v) is 20.7. The minimum atomic E-state index is -1.67. The minimum absolute atomic E-state index is 0.0438. The Morgan fingerprint density at radius 2 is 1.50 bits per heavy atom. The fraction of sp³-hybridized carbons (Fsp3) is 1.00. The highest BCUT2D eigenvalue weighted by atomic mass is 28.4. The lowest BCUT2D eigenvalue weighted by Crippen LogP contribution is -2.55. The SMILES string of the molecule is CC(C)(C)[Si](C)(C)O[C@@H]1CC[C@@]2(C)[C@H](CC[C@@H]3[C@@H]2CC[C@]2(C)[C@@H](O)CC[C@@H]32)C1. The van der Waals surface area contributed by atoms with E-state index in [2.05, 4.69) is 47.7 Å². The van der Waals surface area contributed by atoms with Gasteiger partial charge < -0.3 is 9.53 Å². The van der Waals surface area contributed by atoms with Crippen molar-refractivity contribution in [1.82, 2.24) is 0 Å². The number of rotatable bonds is 2. The molecule has 4 aliphatic rings. The average molecular weight is 407 g/mol. The van der Waals surface area contributed by atoms with Crippen LogP contribution >= 0.6 is 0 Å². The van der Waals surface area contributed by atoms with Crippen molar-refractivity contribution in [3.8, 4) is 0 Å². The Morgan fingerprint density at radius 1 is 0.857 bits per heavy atom. The monoisotopic (exact) mass is 406 g/mol. The van der Waals surface area contributed by atoms with Gasteiger partial charge in [-0.15, -0.1) is 0 Å². The molecule has 4 fully saturated rings. The summed E-state index contributed by atoms with van der Waals surface area (Å²) in [5, 5.41) is 11.0. The molecule has 162 valence electrons. The fourth-order valence-corrected chi connectivity index (χ4v) is 9.29. The van der Waals surface area contributed by atoms with Crippen molar-refractivity contribution in [2.75, 3.05) is 0 Å². The lowest BCUT2D eigenvalue weighted by Gasteiger charge is -2.61. The second-order valence-corrected chi connectivity index (χ2v) is 17.8. The van der Waals surface area contributed by atoms with Gasteiger partial charge in [0.1, 0.15) is 0 Å². The van der Waals surface area contributed by atoms with E-state index in [1.807, 2.05) is 0 Å². The summed E-state index contributed by atoms with van der Waals surface area (Å²) in [6.07, 6.45) is 12.1. The highest BCUT2D eigenvalue weighted by Gasteiger charge is 2.60. The van der Waals surface area contributed by atoms with Crippen LogP contribution in [0.4, 0.5) is 0 Å². The van der Waals surface area contributed by atoms with Crippen LogP contribution in [0.3, 0.4) is 0 Å². The Bertz CT molecular complexity index is 596. The Hall–Kier alpha value is 0.137. The van der Waals surface area contributed by atoms with Gasteiger partial charge in [-0.25, -0.2) is 0 Å². The molecular weight excluding hydrogens is 360 g/mol. The van der Waals surface area contributed by atoms with Crippen LogP contribution in [0.1, 0.15) is 92.4 Å². The summed E-state index contributed by atoms with van der Waals surface area (Å²) in [4.78, 5) is 0. The molecule has 0 radical (unpaired) electrons. The van der Waals surface area contributed by atoms with Gasteiger partial charge in [0, 0.05) is 6.10 Å². The van der Waals surface area contributed by atoms with E-state index in [-0.39, 0.29) is 11.5 Å². The van der Waals surface area contributed by atoms with Gasteiger partial charge in [-0.05, 0) is 110 Å². The molecule has 4 saturated carbocycles. The molecule has 0 aromatic rings. The van der Waals surface area contributed by atoms with Crippen LogP contribution in [0.15, 0.2) is 0 Å². The van der Waals surface area contributed by atoms with Crippen LogP contribution in [0.5, 0.6) is 0 Å². The molecule has 0 aliphatic heterocycles. The maximum absolute atomic E-state index is 10.7. The molecule has 0 aromatic carbocycles. The van der Waals surface area contributed by atoms with E-state index in [9.17, 15) is 5.11 Å². The van der Waals surface area contributed by atoms with Crippen LogP contribution < -0.4 is 0 Å². The van der Waals surface area contributed by atoms with Crippen molar-refractivity contribution in [3.63, 3.8) is 0 Å². The first-order valence-corrected chi connectivity index (χ1v) is 15.2. The molecule has 0 bridgehead atoms.